The summed E-state index contributed by atoms with van der Waals surface area (Å²) in [5, 5.41) is 0. The van der Waals surface area contributed by atoms with E-state index in [1.54, 1.807) is 19.1 Å². The highest BCUT2D eigenvalue weighted by Gasteiger charge is 2.28. The average molecular weight is 245 g/mol. The van der Waals surface area contributed by atoms with Gasteiger partial charge in [-0.1, -0.05) is 0 Å². The van der Waals surface area contributed by atoms with Crippen molar-refractivity contribution >= 4 is 5.82 Å². The average Bonchev–Trinajstić information content (AvgIpc) is 3.10. The Morgan fingerprint density at radius 2 is 2.06 bits per heavy atom. The quantitative estimate of drug-likeness (QED) is 0.882. The largest absolute Gasteiger partial charge is 0.383 e. The van der Waals surface area contributed by atoms with Gasteiger partial charge in [-0.05, 0) is 50.5 Å². The summed E-state index contributed by atoms with van der Waals surface area (Å²) in [5.74, 6) is 1.43. The number of nitrogen functional groups attached to an aromatic ring is 1. The Hall–Kier alpha value is -1.84. The first kappa shape index (κ1) is 11.3. The summed E-state index contributed by atoms with van der Waals surface area (Å²) in [7, 11) is 0. The number of anilines is 1. The van der Waals surface area contributed by atoms with E-state index < -0.39 is 0 Å². The smallest absolute Gasteiger partial charge is 0.131 e. The standard InChI is InChI=1S/C14H16FN3/c1-8-7-10(3-6-12(8)15)13-14(16)18(9(2)17-13)11-4-5-11/h3,6-7,11H,4-5,16H2,1-2H3. The molecule has 4 heteroatoms. The molecule has 18 heavy (non-hydrogen) atoms. The number of aryl methyl sites for hydroxylation is 2. The third kappa shape index (κ3) is 1.68. The molecule has 0 amide bonds. The number of nitrogens with two attached hydrogens (primary N) is 1. The number of aromatic nitrogens is 2. The monoisotopic (exact) mass is 245 g/mol. The fourth-order valence-corrected chi connectivity index (χ4v) is 2.36. The summed E-state index contributed by atoms with van der Waals surface area (Å²) < 4.78 is 15.4. The van der Waals surface area contributed by atoms with E-state index in [2.05, 4.69) is 9.55 Å². The van der Waals surface area contributed by atoms with Gasteiger partial charge in [-0.15, -0.1) is 0 Å². The van der Waals surface area contributed by atoms with Crippen LogP contribution in [-0.2, 0) is 0 Å². The maximum atomic E-state index is 13.3. The number of halogens is 1. The van der Waals surface area contributed by atoms with Gasteiger partial charge in [0.2, 0.25) is 0 Å². The highest BCUT2D eigenvalue weighted by atomic mass is 19.1. The highest BCUT2D eigenvalue weighted by molar-refractivity contribution is 5.71. The van der Waals surface area contributed by atoms with E-state index in [4.69, 9.17) is 5.73 Å². The lowest BCUT2D eigenvalue weighted by Gasteiger charge is -2.05. The van der Waals surface area contributed by atoms with Gasteiger partial charge >= 0.3 is 0 Å². The molecule has 3 rings (SSSR count). The third-order valence-corrected chi connectivity index (χ3v) is 3.47. The molecule has 0 atom stereocenters. The number of benzene rings is 1. The van der Waals surface area contributed by atoms with Gasteiger partial charge in [0.05, 0.1) is 0 Å². The molecular formula is C14H16FN3. The van der Waals surface area contributed by atoms with E-state index in [-0.39, 0.29) is 5.82 Å². The van der Waals surface area contributed by atoms with Crippen LogP contribution in [0.15, 0.2) is 18.2 Å². The SMILES string of the molecule is Cc1cc(-c2nc(C)n(C3CC3)c2N)ccc1F. The zero-order chi connectivity index (χ0) is 12.9. The van der Waals surface area contributed by atoms with Crippen molar-refractivity contribution in [2.45, 2.75) is 32.7 Å². The van der Waals surface area contributed by atoms with Crippen LogP contribution in [0.2, 0.25) is 0 Å². The van der Waals surface area contributed by atoms with Crippen molar-refractivity contribution in [3.63, 3.8) is 0 Å². The molecule has 1 fully saturated rings. The maximum Gasteiger partial charge on any atom is 0.131 e. The van der Waals surface area contributed by atoms with Crippen LogP contribution >= 0.6 is 0 Å². The Balaban J connectivity index is 2.11. The van der Waals surface area contributed by atoms with Crippen LogP contribution in [0, 0.1) is 19.7 Å². The van der Waals surface area contributed by atoms with E-state index in [1.807, 2.05) is 6.92 Å². The minimum Gasteiger partial charge on any atom is -0.383 e. The first-order valence-electron chi connectivity index (χ1n) is 6.18. The van der Waals surface area contributed by atoms with Crippen molar-refractivity contribution in [2.75, 3.05) is 5.73 Å². The first-order chi connectivity index (χ1) is 8.58. The summed E-state index contributed by atoms with van der Waals surface area (Å²) >= 11 is 0. The van der Waals surface area contributed by atoms with Gasteiger partial charge in [0, 0.05) is 11.6 Å². The van der Waals surface area contributed by atoms with Gasteiger partial charge < -0.3 is 10.3 Å². The Labute approximate surface area is 105 Å². The first-order valence-corrected chi connectivity index (χ1v) is 6.18. The lowest BCUT2D eigenvalue weighted by atomic mass is 10.1. The van der Waals surface area contributed by atoms with Crippen LogP contribution in [-0.4, -0.2) is 9.55 Å². The van der Waals surface area contributed by atoms with E-state index in [9.17, 15) is 4.39 Å². The highest BCUT2D eigenvalue weighted by Crippen LogP contribution is 2.40. The normalized spacial score (nSPS) is 15.1. The number of rotatable bonds is 2. The molecule has 0 bridgehead atoms. The molecule has 0 radical (unpaired) electrons. The number of nitrogens with zero attached hydrogens (tertiary/aromatic N) is 2. The molecule has 2 aromatic rings. The zero-order valence-corrected chi connectivity index (χ0v) is 10.6. The Morgan fingerprint density at radius 3 is 2.67 bits per heavy atom. The maximum absolute atomic E-state index is 13.3. The fourth-order valence-electron chi connectivity index (χ4n) is 2.36. The summed E-state index contributed by atoms with van der Waals surface area (Å²) in [6.07, 6.45) is 2.34. The van der Waals surface area contributed by atoms with Crippen LogP contribution in [0.5, 0.6) is 0 Å². The molecule has 0 saturated heterocycles. The topological polar surface area (TPSA) is 43.8 Å². The number of imidazole rings is 1. The number of hydrogen-bond acceptors (Lipinski definition) is 2. The van der Waals surface area contributed by atoms with Gasteiger partial charge in [0.15, 0.2) is 0 Å². The number of hydrogen-bond donors (Lipinski definition) is 1. The summed E-state index contributed by atoms with van der Waals surface area (Å²) in [6, 6.07) is 5.51. The van der Waals surface area contributed by atoms with Crippen molar-refractivity contribution < 1.29 is 4.39 Å². The molecule has 2 N–H and O–H groups in total. The second-order valence-electron chi connectivity index (χ2n) is 4.96. The molecule has 94 valence electrons. The van der Waals surface area contributed by atoms with Crippen molar-refractivity contribution in [3.8, 4) is 11.3 Å². The van der Waals surface area contributed by atoms with Crippen molar-refractivity contribution in [2.24, 2.45) is 0 Å². The molecule has 1 aliphatic carbocycles. The van der Waals surface area contributed by atoms with Crippen molar-refractivity contribution in [3.05, 3.63) is 35.4 Å². The molecule has 1 aromatic carbocycles. The van der Waals surface area contributed by atoms with Gasteiger partial charge in [0.25, 0.3) is 0 Å². The molecular weight excluding hydrogens is 229 g/mol. The van der Waals surface area contributed by atoms with Gasteiger partial charge in [-0.3, -0.25) is 0 Å². The molecule has 3 nitrogen and oxygen atoms in total. The minimum atomic E-state index is -0.198. The van der Waals surface area contributed by atoms with Gasteiger partial charge in [-0.2, -0.15) is 0 Å². The zero-order valence-electron chi connectivity index (χ0n) is 10.6. The predicted octanol–water partition coefficient (Wildman–Crippen LogP) is 3.22. The van der Waals surface area contributed by atoms with Crippen LogP contribution in [0.25, 0.3) is 11.3 Å². The molecule has 0 aliphatic heterocycles. The lowest BCUT2D eigenvalue weighted by Crippen LogP contribution is -2.02. The van der Waals surface area contributed by atoms with Crippen molar-refractivity contribution in [1.29, 1.82) is 0 Å². The molecule has 0 unspecified atom stereocenters. The Bertz CT molecular complexity index is 612. The van der Waals surface area contributed by atoms with E-state index in [1.165, 1.54) is 18.9 Å². The molecule has 1 heterocycles. The Morgan fingerprint density at radius 1 is 1.33 bits per heavy atom. The van der Waals surface area contributed by atoms with E-state index >= 15 is 0 Å². The van der Waals surface area contributed by atoms with Crippen LogP contribution in [0.1, 0.15) is 30.3 Å². The molecule has 0 spiro atoms. The fraction of sp³-hybridized carbons (Fsp3) is 0.357. The van der Waals surface area contributed by atoms with Crippen LogP contribution < -0.4 is 5.73 Å². The van der Waals surface area contributed by atoms with E-state index in [0.717, 1.165) is 17.1 Å². The second kappa shape index (κ2) is 3.83. The third-order valence-electron chi connectivity index (χ3n) is 3.47. The Kier molecular flexibility index (Phi) is 2.40. The summed E-state index contributed by atoms with van der Waals surface area (Å²) in [4.78, 5) is 4.53. The minimum absolute atomic E-state index is 0.198. The van der Waals surface area contributed by atoms with E-state index in [0.29, 0.717) is 17.4 Å². The second-order valence-corrected chi connectivity index (χ2v) is 4.96. The van der Waals surface area contributed by atoms with Crippen LogP contribution in [0.3, 0.4) is 0 Å². The molecule has 1 saturated carbocycles. The van der Waals surface area contributed by atoms with Gasteiger partial charge in [-0.25, -0.2) is 9.37 Å². The summed E-state index contributed by atoms with van der Waals surface area (Å²) in [5.41, 5.74) is 8.44. The van der Waals surface area contributed by atoms with Gasteiger partial charge in [0.1, 0.15) is 23.2 Å². The molecule has 1 aliphatic rings. The van der Waals surface area contributed by atoms with Crippen molar-refractivity contribution in [1.82, 2.24) is 9.55 Å². The molecule has 1 aromatic heterocycles. The summed E-state index contributed by atoms with van der Waals surface area (Å²) in [6.45, 7) is 3.72. The lowest BCUT2D eigenvalue weighted by molar-refractivity contribution is 0.619. The predicted molar refractivity (Wildman–Crippen MR) is 69.8 cm³/mol. The van der Waals surface area contributed by atoms with Crippen LogP contribution in [0.4, 0.5) is 10.2 Å².